The van der Waals surface area contributed by atoms with Crippen molar-refractivity contribution in [2.75, 3.05) is 79.0 Å². The van der Waals surface area contributed by atoms with Gasteiger partial charge in [0.05, 0.1) is 70.5 Å². The summed E-state index contributed by atoms with van der Waals surface area (Å²) in [5.74, 6) is -0.708. The van der Waals surface area contributed by atoms with Crippen LogP contribution in [0.5, 0.6) is 0 Å². The first kappa shape index (κ1) is 64.8. The van der Waals surface area contributed by atoms with Crippen molar-refractivity contribution in [3.05, 3.63) is 78.7 Å². The average molecular weight is 1100 g/mol. The van der Waals surface area contributed by atoms with E-state index in [-0.39, 0.29) is 44.4 Å². The van der Waals surface area contributed by atoms with Crippen LogP contribution in [-0.4, -0.2) is 121 Å². The number of alkyl halides is 4. The summed E-state index contributed by atoms with van der Waals surface area (Å²) < 4.78 is 53.8. The van der Waals surface area contributed by atoms with Gasteiger partial charge < -0.3 is 45.5 Å². The number of nitrogens with zero attached hydrogens (tertiary/aromatic N) is 7. The van der Waals surface area contributed by atoms with Crippen molar-refractivity contribution in [3.8, 4) is 5.69 Å². The first-order valence-corrected chi connectivity index (χ1v) is 26.0. The Balaban J connectivity index is 0.000000894. The summed E-state index contributed by atoms with van der Waals surface area (Å²) in [7, 11) is -2.07. The average Bonchev–Trinajstić information content (AvgIpc) is 3.57. The lowest BCUT2D eigenvalue weighted by molar-refractivity contribution is -0.383. The Bertz CT molecular complexity index is 2300. The molecule has 0 aliphatic rings. The summed E-state index contributed by atoms with van der Waals surface area (Å²) in [6.45, 7) is 14.9. The number of carboxylic acid groups (broad SMARTS) is 1. The van der Waals surface area contributed by atoms with Gasteiger partial charge in [0.25, 0.3) is 0 Å². The molecule has 4 rings (SSSR count). The number of ether oxygens (including phenoxy) is 1. The molecule has 2 aromatic carbocycles. The molecule has 0 bridgehead atoms. The number of amides is 1. The number of methoxy groups -OCH3 is 1. The lowest BCUT2D eigenvalue weighted by Gasteiger charge is -2.31. The smallest absolute Gasteiger partial charge is 0.416 e. The van der Waals surface area contributed by atoms with Gasteiger partial charge in [-0.2, -0.15) is 33.2 Å². The number of nitrogen functional groups attached to an aromatic ring is 1. The van der Waals surface area contributed by atoms with Crippen molar-refractivity contribution in [1.29, 1.82) is 0 Å². The van der Waals surface area contributed by atoms with E-state index >= 15 is 0 Å². The van der Waals surface area contributed by atoms with Crippen LogP contribution in [-0.2, 0) is 42.4 Å². The van der Waals surface area contributed by atoms with Crippen LogP contribution in [0.4, 0.5) is 42.3 Å². The first-order chi connectivity index (χ1) is 31.7. The summed E-state index contributed by atoms with van der Waals surface area (Å²) >= 11 is 23.1. The molecule has 0 aliphatic heterocycles. The normalized spacial score (nSPS) is 12.2. The number of nitrogens with two attached hydrogens (primary N) is 1. The number of aliphatic carboxylic acids is 1. The van der Waals surface area contributed by atoms with Crippen molar-refractivity contribution < 1.29 is 51.9 Å². The number of para-hydroxylation sites is 1. The number of hydrogen-bond acceptors (Lipinski definition) is 15. The third-order valence-corrected chi connectivity index (χ3v) is 9.33. The predicted molar refractivity (Wildman–Crippen MR) is 268 cm³/mol. The minimum atomic E-state index is -4.63. The molecule has 0 aliphatic carbocycles. The van der Waals surface area contributed by atoms with E-state index in [2.05, 4.69) is 62.4 Å². The molecule has 0 saturated carbocycles. The van der Waals surface area contributed by atoms with Crippen LogP contribution in [0.1, 0.15) is 58.2 Å². The molecule has 1 amide bonds. The van der Waals surface area contributed by atoms with Gasteiger partial charge in [0.2, 0.25) is 28.9 Å². The highest BCUT2D eigenvalue weighted by Crippen LogP contribution is 2.39. The molecule has 0 radical (unpaired) electrons. The highest BCUT2D eigenvalue weighted by atomic mass is 35.5. The van der Waals surface area contributed by atoms with Gasteiger partial charge in [0, 0.05) is 19.2 Å². The molecule has 4 aromatic rings. The molecule has 20 nitrogen and oxygen atoms in total. The molecule has 388 valence electrons. The Morgan fingerprint density at radius 1 is 1.07 bits per heavy atom. The Labute approximate surface area is 421 Å². The van der Waals surface area contributed by atoms with Crippen molar-refractivity contribution in [3.63, 3.8) is 0 Å². The van der Waals surface area contributed by atoms with E-state index in [9.17, 15) is 42.3 Å². The van der Waals surface area contributed by atoms with Crippen molar-refractivity contribution in [1.82, 2.24) is 30.0 Å². The number of carboxylic acids is 1. The molecule has 0 fully saturated rings. The number of nitrogens with one attached hydrogen (secondary N) is 3. The summed E-state index contributed by atoms with van der Waals surface area (Å²) in [5.41, 5.74) is 6.89. The van der Waals surface area contributed by atoms with Gasteiger partial charge in [0.15, 0.2) is 0 Å². The van der Waals surface area contributed by atoms with E-state index in [4.69, 9.17) is 66.9 Å². The molecule has 0 spiro atoms. The Morgan fingerprint density at radius 3 is 2.04 bits per heavy atom. The quantitative estimate of drug-likeness (QED) is 0.0219. The molecule has 2 atom stereocenters. The maximum absolute atomic E-state index is 12.6. The number of carbonyl (C=O) groups is 2. The summed E-state index contributed by atoms with van der Waals surface area (Å²) in [4.78, 5) is 63.7. The molecular weight excluding hydrogens is 1040 g/mol. The number of benzene rings is 2. The second-order valence-corrected chi connectivity index (χ2v) is 21.0. The molecule has 7 N–H and O–H groups in total. The van der Waals surface area contributed by atoms with E-state index in [1.165, 1.54) is 0 Å². The fourth-order valence-electron chi connectivity index (χ4n) is 5.20. The predicted octanol–water partition coefficient (Wildman–Crippen LogP) is 7.68. The van der Waals surface area contributed by atoms with Crippen LogP contribution in [0.25, 0.3) is 5.69 Å². The van der Waals surface area contributed by atoms with Crippen LogP contribution in [0.15, 0.2) is 36.5 Å². The zero-order valence-electron chi connectivity index (χ0n) is 39.7. The molecule has 69 heavy (non-hydrogen) atoms. The summed E-state index contributed by atoms with van der Waals surface area (Å²) in [6, 6.07) is 7.31. The highest BCUT2D eigenvalue weighted by Gasteiger charge is 2.33. The van der Waals surface area contributed by atoms with Gasteiger partial charge in [-0.15, -0.1) is 11.6 Å². The number of aryl methyl sites for hydroxylation is 2. The number of halogens is 7. The lowest BCUT2D eigenvalue weighted by Crippen LogP contribution is -2.43. The van der Waals surface area contributed by atoms with Gasteiger partial charge in [-0.3, -0.25) is 25.0 Å². The Hall–Kier alpha value is -4.23. The van der Waals surface area contributed by atoms with Crippen LogP contribution >= 0.6 is 54.0 Å². The molecule has 2 heterocycles. The number of hydrogen-bond donors (Lipinski definition) is 6. The topological polar surface area (TPSA) is 289 Å². The minimum Gasteiger partial charge on any atom is -0.778 e. The van der Waals surface area contributed by atoms with Crippen LogP contribution in [0.2, 0.25) is 15.3 Å². The maximum Gasteiger partial charge on any atom is 0.416 e. The molecule has 0 saturated heterocycles. The maximum atomic E-state index is 12.6. The van der Waals surface area contributed by atoms with Gasteiger partial charge in [-0.25, -0.2) is 4.68 Å². The SMILES string of the molecule is CCNc1nc(Cl)nc(NC(C)(C)C)n1.CCc1cccc(C)c1N(C(=O)CCl)C(C)COC.C[S+](C)C.Nc1c([N+](=O)[O-])cnn1-c1c(Cl)cc(C(F)(F)F)cc1Cl.O=C(O)CNCP(=O)([O-])O. The van der Waals surface area contributed by atoms with Gasteiger partial charge in [-0.1, -0.05) is 48.3 Å². The number of aromatic nitrogens is 5. The van der Waals surface area contributed by atoms with E-state index in [0.29, 0.717) is 41.5 Å². The summed E-state index contributed by atoms with van der Waals surface area (Å²) in [5, 5.41) is 29.8. The van der Waals surface area contributed by atoms with Crippen LogP contribution in [0, 0.1) is 17.0 Å². The van der Waals surface area contributed by atoms with E-state index in [0.717, 1.165) is 40.7 Å². The van der Waals surface area contributed by atoms with Crippen LogP contribution in [0.3, 0.4) is 0 Å². The molecule has 29 heteroatoms. The zero-order valence-corrected chi connectivity index (χ0v) is 44.5. The van der Waals surface area contributed by atoms with Crippen molar-refractivity contribution >= 4 is 106 Å². The monoisotopic (exact) mass is 1100 g/mol. The second-order valence-electron chi connectivity index (χ2n) is 15.5. The molecular formula is C40H59Cl4F3N11O9PS. The van der Waals surface area contributed by atoms with Crippen LogP contribution < -0.4 is 31.5 Å². The second kappa shape index (κ2) is 30.5. The number of carbonyl (C=O) groups excluding carboxylic acids is 1. The fourth-order valence-corrected chi connectivity index (χ4v) is 6.53. The Kier molecular flexibility index (Phi) is 28.6. The highest BCUT2D eigenvalue weighted by molar-refractivity contribution is 7.94. The minimum absolute atomic E-state index is 0.0223. The van der Waals surface area contributed by atoms with Gasteiger partial charge in [-0.05, 0) is 93.7 Å². The standard InChI is InChI=1S/C15H22ClNO2.C10H5Cl2F3N4O2.C9H16ClN5.C3H8NO5P.C3H9S/c1-5-13-8-6-7-11(2)15(13)17(14(18)9-16)12(3)10-19-4;11-5-1-4(10(13,14)15)2-6(12)8(5)18-9(16)7(3-17-18)19(20)21;1-5-11-7-12-6(10)13-8(14-7)15-9(2,3)4;5-3(6)1-4-2-10(7,8)9;1-4(2)3/h6-8,12H,5,9-10H2,1-4H3;1-3H,16H2;5H2,1-4H3,(H2,11,12,13,14,15);4H,1-2H2,(H,5,6)(H2,7,8,9);1-3H3/q;;;;+1/p-1. The van der Waals surface area contributed by atoms with Crippen molar-refractivity contribution in [2.24, 2.45) is 0 Å². The first-order valence-electron chi connectivity index (χ1n) is 20.1. The number of rotatable bonds is 15. The third-order valence-electron chi connectivity index (χ3n) is 7.73. The van der Waals surface area contributed by atoms with Crippen molar-refractivity contribution in [2.45, 2.75) is 72.6 Å². The molecule has 2 aromatic heterocycles. The molecule has 2 unspecified atom stereocenters. The zero-order chi connectivity index (χ0) is 53.6. The fraction of sp³-hybridized carbons (Fsp3) is 0.500. The van der Waals surface area contributed by atoms with Gasteiger partial charge >= 0.3 is 17.8 Å². The van der Waals surface area contributed by atoms with E-state index in [1.54, 1.807) is 12.0 Å². The van der Waals surface area contributed by atoms with Gasteiger partial charge in [0.1, 0.15) is 25.4 Å². The van der Waals surface area contributed by atoms with E-state index < -0.39 is 54.6 Å². The largest absolute Gasteiger partial charge is 0.778 e. The Morgan fingerprint density at radius 2 is 1.62 bits per heavy atom. The summed E-state index contributed by atoms with van der Waals surface area (Å²) in [6.07, 6.45) is 2.97. The lowest BCUT2D eigenvalue weighted by atomic mass is 10.0. The van der Waals surface area contributed by atoms with E-state index in [1.807, 2.05) is 59.0 Å². The third kappa shape index (κ3) is 24.9. The number of anilines is 4. The number of nitro groups is 1.